The molecule has 0 saturated heterocycles. The molecule has 30 heteroatoms. The lowest BCUT2D eigenvalue weighted by Crippen LogP contribution is -2.30. The van der Waals surface area contributed by atoms with Gasteiger partial charge >= 0.3 is 23.0 Å². The van der Waals surface area contributed by atoms with E-state index in [2.05, 4.69) is 0 Å². The van der Waals surface area contributed by atoms with Gasteiger partial charge in [-0.2, -0.15) is 0 Å². The van der Waals surface area contributed by atoms with Gasteiger partial charge in [0.25, 0.3) is 70.9 Å². The number of carbonyl (C=O) groups excluding carboxylic acids is 12. The molecule has 6 aromatic carbocycles. The maximum absolute atomic E-state index is 13.7. The van der Waals surface area contributed by atoms with Gasteiger partial charge in [0.1, 0.15) is 0 Å². The molecule has 13 rings (SSSR count). The van der Waals surface area contributed by atoms with Crippen LogP contribution in [0.2, 0.25) is 0 Å². The van der Waals surface area contributed by atoms with Crippen molar-refractivity contribution in [3.05, 3.63) is 219 Å². The average Bonchev–Trinajstić information content (AvgIpc) is 1.01. The highest BCUT2D eigenvalue weighted by Gasteiger charge is 2.52. The van der Waals surface area contributed by atoms with Crippen LogP contribution in [0, 0.1) is 0 Å². The zero-order valence-corrected chi connectivity index (χ0v) is 48.2. The summed E-state index contributed by atoms with van der Waals surface area (Å²) in [6, 6.07) is 32.6. The number of benzene rings is 6. The summed E-state index contributed by atoms with van der Waals surface area (Å²) < 4.78 is 58.2. The molecule has 90 heavy (non-hydrogen) atoms. The van der Waals surface area contributed by atoms with E-state index in [1.165, 1.54) is 146 Å². The van der Waals surface area contributed by atoms with Crippen LogP contribution in [0.4, 0.5) is 34.1 Å². The van der Waals surface area contributed by atoms with Crippen LogP contribution in [0.1, 0.15) is 0 Å². The van der Waals surface area contributed by atoms with Gasteiger partial charge in [0.05, 0.1) is 34.1 Å². The Balaban J connectivity index is 1.19. The summed E-state index contributed by atoms with van der Waals surface area (Å²) in [5.74, 6) is -13.0. The van der Waals surface area contributed by atoms with Crippen molar-refractivity contribution in [2.24, 2.45) is 13.5 Å². The Hall–Kier alpha value is -11.9. The molecule has 444 valence electrons. The summed E-state index contributed by atoms with van der Waals surface area (Å²) in [6.45, 7) is 0. The Kier molecular flexibility index (Phi) is 14.2. The van der Waals surface area contributed by atoms with Gasteiger partial charge in [-0.1, -0.05) is 86.3 Å². The number of hydrogen-bond donors (Lipinski definition) is 0. The number of para-hydroxylation sites is 12. The first-order valence-corrected chi connectivity index (χ1v) is 31.0. The molecule has 0 radical (unpaired) electrons. The summed E-state index contributed by atoms with van der Waals surface area (Å²) in [5.41, 5.74) is -1.71. The van der Waals surface area contributed by atoms with Crippen molar-refractivity contribution < 1.29 is 84.7 Å². The predicted molar refractivity (Wildman–Crippen MR) is 320 cm³/mol. The van der Waals surface area contributed by atoms with Gasteiger partial charge in [-0.3, -0.25) is 57.5 Å². The molecule has 12 amide bonds. The predicted octanol–water partition coefficient (Wildman–Crippen LogP) is 8.89. The molecule has 0 atom stereocenters. The highest BCUT2D eigenvalue weighted by Crippen LogP contribution is 2.80. The van der Waals surface area contributed by atoms with Gasteiger partial charge in [-0.25, -0.2) is 29.4 Å². The molecule has 7 heterocycles. The number of nitrogens with zero attached hydrogens (tertiary/aromatic N) is 9. The zero-order valence-electron chi connectivity index (χ0n) is 45.5. The molecule has 0 saturated carbocycles. The number of hydrogen-bond acceptors (Lipinski definition) is 21. The summed E-state index contributed by atoms with van der Waals surface area (Å²) >= 11 is 0. The lowest BCUT2D eigenvalue weighted by Gasteiger charge is -2.35. The van der Waals surface area contributed by atoms with Gasteiger partial charge in [0.15, 0.2) is 34.5 Å². The molecule has 0 aliphatic carbocycles. The summed E-state index contributed by atoms with van der Waals surface area (Å²) in [7, 11) is -16.6. The third-order valence-electron chi connectivity index (χ3n) is 13.5. The van der Waals surface area contributed by atoms with Crippen molar-refractivity contribution in [2.75, 3.05) is 29.4 Å². The Morgan fingerprint density at radius 1 is 0.200 bits per heavy atom. The first-order chi connectivity index (χ1) is 43.4. The standard InChI is InChI=1S/C60H36N9O18P3/c70-49-25-26-50(71)64(49)37-13-1-7-19-43(37)82-88(83-44-20-8-2-14-38(44)65-51(72)27-28-52(65)73)61-89(84-45-21-9-3-15-39(45)66-53(74)29-30-54(66)75,85-46-22-10-4-16-40(46)67-55(76)31-32-56(67)77)63-90(62-88,86-47-23-11-5-17-41(47)68-57(78)33-34-58(68)79)87-48-24-12-6-18-42(48)69-59(80)35-36-60(69)81/h1-36H. The maximum atomic E-state index is 13.7. The van der Waals surface area contributed by atoms with Crippen molar-refractivity contribution in [1.82, 2.24) is 0 Å². The molecule has 0 spiro atoms. The van der Waals surface area contributed by atoms with Crippen molar-refractivity contribution in [3.63, 3.8) is 0 Å². The first kappa shape index (κ1) is 57.2. The van der Waals surface area contributed by atoms with E-state index in [9.17, 15) is 57.5 Å². The van der Waals surface area contributed by atoms with E-state index in [4.69, 9.17) is 40.7 Å². The lowest BCUT2D eigenvalue weighted by molar-refractivity contribution is -0.121. The number of carbonyl (C=O) groups is 12. The second-order valence-electron chi connectivity index (χ2n) is 19.2. The van der Waals surface area contributed by atoms with Crippen LogP contribution in [0.25, 0.3) is 0 Å². The minimum Gasteiger partial charge on any atom is -0.411 e. The minimum atomic E-state index is -5.52. The largest absolute Gasteiger partial charge is 0.461 e. The molecule has 7 aliphatic rings. The molecule has 0 unspecified atom stereocenters. The average molecular weight is 1260 g/mol. The Morgan fingerprint density at radius 3 is 0.456 bits per heavy atom. The van der Waals surface area contributed by atoms with Crippen LogP contribution in [0.15, 0.2) is 232 Å². The fourth-order valence-electron chi connectivity index (χ4n) is 9.67. The molecular weight excluding hydrogens is 1230 g/mol. The van der Waals surface area contributed by atoms with Crippen LogP contribution < -0.4 is 56.5 Å². The van der Waals surface area contributed by atoms with E-state index in [-0.39, 0.29) is 34.1 Å². The van der Waals surface area contributed by atoms with Gasteiger partial charge in [-0.15, -0.1) is 0 Å². The fraction of sp³-hybridized carbons (Fsp3) is 0. The molecule has 0 fully saturated rings. The second-order valence-corrected chi connectivity index (χ2v) is 25.4. The van der Waals surface area contributed by atoms with E-state index in [1.54, 1.807) is 0 Å². The highest BCUT2D eigenvalue weighted by atomic mass is 31.3. The van der Waals surface area contributed by atoms with Gasteiger partial charge in [0, 0.05) is 72.9 Å². The Bertz CT molecular complexity index is 3860. The molecular formula is C60H36N9O18P3. The monoisotopic (exact) mass is 1260 g/mol. The van der Waals surface area contributed by atoms with Gasteiger partial charge < -0.3 is 27.1 Å². The SMILES string of the molecule is O=C1C=CC(=O)N1c1ccccc1OP1(Oc2ccccc2N2C(=O)C=CC2=O)=NP(Oc2ccccc2N2C(=O)C=CC2=O)(Oc2ccccc2N2C(=O)C=CC2=O)=NP(Oc2ccccc2N2C(=O)C=CC2=O)(Oc2ccccc2N2C(=O)C=CC2=O)=N1. The van der Waals surface area contributed by atoms with Crippen LogP contribution in [0.3, 0.4) is 0 Å². The number of imide groups is 6. The van der Waals surface area contributed by atoms with Crippen LogP contribution in [0.5, 0.6) is 34.5 Å². The second kappa shape index (κ2) is 22.4. The third kappa shape index (κ3) is 10.3. The van der Waals surface area contributed by atoms with Gasteiger partial charge in [-0.05, 0) is 72.8 Å². The van der Waals surface area contributed by atoms with E-state index in [1.807, 2.05) is 0 Å². The molecule has 0 aromatic heterocycles. The topological polar surface area (TPSA) is 317 Å². The van der Waals surface area contributed by atoms with Crippen molar-refractivity contribution in [1.29, 1.82) is 0 Å². The minimum absolute atomic E-state index is 0.284. The van der Waals surface area contributed by atoms with Gasteiger partial charge in [0.2, 0.25) is 0 Å². The normalized spacial score (nSPS) is 18.4. The van der Waals surface area contributed by atoms with Crippen LogP contribution >= 0.6 is 23.0 Å². The Labute approximate surface area is 506 Å². The molecule has 6 aromatic rings. The summed E-state index contributed by atoms with van der Waals surface area (Å²) in [6.07, 6.45) is 11.8. The first-order valence-electron chi connectivity index (χ1n) is 26.4. The highest BCUT2D eigenvalue weighted by molar-refractivity contribution is 7.79. The summed E-state index contributed by atoms with van der Waals surface area (Å²) in [5, 5.41) is 0. The molecule has 27 nitrogen and oxygen atoms in total. The number of rotatable bonds is 18. The van der Waals surface area contributed by atoms with Crippen LogP contribution in [-0.2, 0) is 57.5 Å². The molecule has 0 N–H and O–H groups in total. The van der Waals surface area contributed by atoms with E-state index in [0.29, 0.717) is 0 Å². The quantitative estimate of drug-likeness (QED) is 0.0572. The van der Waals surface area contributed by atoms with E-state index in [0.717, 1.165) is 102 Å². The third-order valence-corrected chi connectivity index (χ3v) is 21.5. The van der Waals surface area contributed by atoms with Crippen LogP contribution in [-0.4, -0.2) is 70.9 Å². The summed E-state index contributed by atoms with van der Waals surface area (Å²) in [4.78, 5) is 169. The van der Waals surface area contributed by atoms with E-state index >= 15 is 0 Å². The maximum Gasteiger partial charge on any atom is 0.461 e. The number of amides is 12. The smallest absolute Gasteiger partial charge is 0.411 e. The molecule has 0 bridgehead atoms. The van der Waals surface area contributed by atoms with E-state index < -0.39 is 128 Å². The van der Waals surface area contributed by atoms with Crippen molar-refractivity contribution in [2.45, 2.75) is 0 Å². The van der Waals surface area contributed by atoms with Crippen molar-refractivity contribution >= 4 is 128 Å². The number of anilines is 6. The molecule has 7 aliphatic heterocycles. The fourth-order valence-corrected chi connectivity index (χ4v) is 18.8. The lowest BCUT2D eigenvalue weighted by atomic mass is 10.2. The zero-order chi connectivity index (χ0) is 62.6. The van der Waals surface area contributed by atoms with Crippen molar-refractivity contribution in [3.8, 4) is 34.5 Å². The Morgan fingerprint density at radius 2 is 0.322 bits per heavy atom.